The fourth-order valence-corrected chi connectivity index (χ4v) is 6.68. The Balaban J connectivity index is 1.57. The van der Waals surface area contributed by atoms with Crippen molar-refractivity contribution in [3.8, 4) is 0 Å². The van der Waals surface area contributed by atoms with Crippen LogP contribution in [-0.2, 0) is 23.3 Å². The number of anilines is 2. The van der Waals surface area contributed by atoms with E-state index in [1.807, 2.05) is 20.8 Å². The lowest BCUT2D eigenvalue weighted by atomic mass is 9.84. The number of amides is 2. The summed E-state index contributed by atoms with van der Waals surface area (Å²) in [6.45, 7) is 5.58. The first-order valence-corrected chi connectivity index (χ1v) is 14.0. The molecule has 0 N–H and O–H groups in total. The van der Waals surface area contributed by atoms with Crippen LogP contribution in [-0.4, -0.2) is 22.0 Å². The van der Waals surface area contributed by atoms with E-state index in [1.54, 1.807) is 54.6 Å². The van der Waals surface area contributed by atoms with Crippen LogP contribution in [0.2, 0.25) is 0 Å². The summed E-state index contributed by atoms with van der Waals surface area (Å²) in [5.41, 5.74) is 0.746. The number of aryl methyl sites for hydroxylation is 3. The minimum absolute atomic E-state index is 0.0695. The zero-order chi connectivity index (χ0) is 28.6. The first-order valence-electron chi connectivity index (χ1n) is 13.2. The van der Waals surface area contributed by atoms with Crippen molar-refractivity contribution in [3.63, 3.8) is 0 Å². The Morgan fingerprint density at radius 3 is 2.46 bits per heavy atom. The van der Waals surface area contributed by atoms with Gasteiger partial charge < -0.3 is 9.32 Å². The molecule has 2 aromatic heterocycles. The Morgan fingerprint density at radius 2 is 1.71 bits per heavy atom. The molecule has 5 aromatic rings. The molecule has 4 heterocycles. The van der Waals surface area contributed by atoms with Crippen molar-refractivity contribution in [2.24, 2.45) is 0 Å². The van der Waals surface area contributed by atoms with E-state index in [2.05, 4.69) is 10.2 Å². The average Bonchev–Trinajstić information content (AvgIpc) is 3.61. The molecule has 8 nitrogen and oxygen atoms in total. The molecule has 10 heteroatoms. The van der Waals surface area contributed by atoms with Gasteiger partial charge in [-0.1, -0.05) is 54.7 Å². The summed E-state index contributed by atoms with van der Waals surface area (Å²) in [4.78, 5) is 46.2. The zero-order valence-corrected chi connectivity index (χ0v) is 23.2. The fraction of sp³-hybridized carbons (Fsp3) is 0.194. The molecule has 0 radical (unpaired) electrons. The number of carbonyl (C=O) groups excluding carboxylic acids is 2. The van der Waals surface area contributed by atoms with Crippen molar-refractivity contribution >= 4 is 44.9 Å². The second-order valence-corrected chi connectivity index (χ2v) is 11.3. The highest BCUT2D eigenvalue weighted by Gasteiger charge is 2.66. The Kier molecular flexibility index (Phi) is 5.49. The standard InChI is InChI=1S/C31H23FN4O4S/c1-4-24-33-34-30(41-24)36-28(38)27-25(26(37)19-13-16(2)17(3)14-23(19)40-27)31(36)20-10-6-8-12-22(20)35(29(31)39)15-18-9-5-7-11-21(18)32/h5-14H,4,15H2,1-3H3. The number of rotatable bonds is 4. The van der Waals surface area contributed by atoms with Crippen LogP contribution >= 0.6 is 11.3 Å². The van der Waals surface area contributed by atoms with Gasteiger partial charge in [-0.15, -0.1) is 10.2 Å². The molecule has 0 bridgehead atoms. The molecule has 0 aliphatic carbocycles. The van der Waals surface area contributed by atoms with Gasteiger partial charge in [0.25, 0.3) is 11.8 Å². The lowest BCUT2D eigenvalue weighted by molar-refractivity contribution is -0.121. The van der Waals surface area contributed by atoms with Crippen molar-refractivity contribution in [1.82, 2.24) is 10.2 Å². The van der Waals surface area contributed by atoms with Gasteiger partial charge in [0, 0.05) is 11.1 Å². The number of para-hydroxylation sites is 1. The Morgan fingerprint density at radius 1 is 0.976 bits per heavy atom. The van der Waals surface area contributed by atoms with E-state index in [1.165, 1.54) is 27.2 Å². The van der Waals surface area contributed by atoms with E-state index in [0.29, 0.717) is 28.2 Å². The Labute approximate surface area is 237 Å². The van der Waals surface area contributed by atoms with Gasteiger partial charge in [0.1, 0.15) is 16.4 Å². The van der Waals surface area contributed by atoms with Crippen LogP contribution in [0.4, 0.5) is 15.2 Å². The van der Waals surface area contributed by atoms with E-state index in [4.69, 9.17) is 4.42 Å². The maximum Gasteiger partial charge on any atom is 0.297 e. The number of hydrogen-bond acceptors (Lipinski definition) is 7. The summed E-state index contributed by atoms with van der Waals surface area (Å²) in [7, 11) is 0. The highest BCUT2D eigenvalue weighted by atomic mass is 32.1. The largest absolute Gasteiger partial charge is 0.450 e. The minimum Gasteiger partial charge on any atom is -0.450 e. The predicted octanol–water partition coefficient (Wildman–Crippen LogP) is 5.41. The number of carbonyl (C=O) groups is 2. The van der Waals surface area contributed by atoms with Crippen LogP contribution in [0.25, 0.3) is 11.0 Å². The number of nitrogens with zero attached hydrogens (tertiary/aromatic N) is 4. The van der Waals surface area contributed by atoms with Crippen LogP contribution in [0.15, 0.2) is 69.9 Å². The van der Waals surface area contributed by atoms with Gasteiger partial charge in [-0.25, -0.2) is 4.39 Å². The molecule has 2 aliphatic rings. The van der Waals surface area contributed by atoms with Crippen LogP contribution in [0.1, 0.15) is 50.3 Å². The summed E-state index contributed by atoms with van der Waals surface area (Å²) in [5.74, 6) is -1.91. The molecule has 204 valence electrons. The van der Waals surface area contributed by atoms with Crippen molar-refractivity contribution < 1.29 is 18.4 Å². The molecule has 1 unspecified atom stereocenters. The smallest absolute Gasteiger partial charge is 0.297 e. The van der Waals surface area contributed by atoms with Crippen LogP contribution in [0.5, 0.6) is 0 Å². The van der Waals surface area contributed by atoms with Crippen molar-refractivity contribution in [2.75, 3.05) is 9.80 Å². The molecule has 3 aromatic carbocycles. The van der Waals surface area contributed by atoms with E-state index in [0.717, 1.165) is 11.1 Å². The Hall–Kier alpha value is -4.70. The summed E-state index contributed by atoms with van der Waals surface area (Å²) in [6, 6.07) is 16.6. The molecule has 2 aliphatic heterocycles. The summed E-state index contributed by atoms with van der Waals surface area (Å²) < 4.78 is 21.0. The van der Waals surface area contributed by atoms with Crippen LogP contribution < -0.4 is 15.2 Å². The number of benzene rings is 3. The maximum atomic E-state index is 14.9. The molecule has 0 fully saturated rings. The predicted molar refractivity (Wildman–Crippen MR) is 153 cm³/mol. The van der Waals surface area contributed by atoms with Crippen LogP contribution in [0, 0.1) is 19.7 Å². The number of hydrogen-bond donors (Lipinski definition) is 0. The molecule has 7 rings (SSSR count). The van der Waals surface area contributed by atoms with Gasteiger partial charge in [0.05, 0.1) is 23.2 Å². The lowest BCUT2D eigenvalue weighted by Crippen LogP contribution is -2.53. The minimum atomic E-state index is -1.91. The third-order valence-corrected chi connectivity index (χ3v) is 9.03. The van der Waals surface area contributed by atoms with Crippen LogP contribution in [0.3, 0.4) is 0 Å². The molecular weight excluding hydrogens is 543 g/mol. The highest BCUT2D eigenvalue weighted by Crippen LogP contribution is 2.54. The van der Waals surface area contributed by atoms with Crippen molar-refractivity contribution in [3.05, 3.63) is 115 Å². The quantitative estimate of drug-likeness (QED) is 0.289. The third-order valence-electron chi connectivity index (χ3n) is 7.98. The topological polar surface area (TPSA) is 96.6 Å². The van der Waals surface area contributed by atoms with E-state index >= 15 is 0 Å². The first kappa shape index (κ1) is 25.3. The Bertz CT molecular complexity index is 2000. The van der Waals surface area contributed by atoms with E-state index in [-0.39, 0.29) is 34.0 Å². The second-order valence-electron chi connectivity index (χ2n) is 10.3. The summed E-state index contributed by atoms with van der Waals surface area (Å²) >= 11 is 1.17. The average molecular weight is 567 g/mol. The highest BCUT2D eigenvalue weighted by molar-refractivity contribution is 7.15. The molecular formula is C31H23FN4O4S. The van der Waals surface area contributed by atoms with Gasteiger partial charge in [0.15, 0.2) is 11.0 Å². The first-order chi connectivity index (χ1) is 19.8. The molecule has 41 heavy (non-hydrogen) atoms. The zero-order valence-electron chi connectivity index (χ0n) is 22.4. The number of fused-ring (bicyclic) bond motifs is 5. The van der Waals surface area contributed by atoms with Crippen molar-refractivity contribution in [2.45, 2.75) is 39.3 Å². The van der Waals surface area contributed by atoms with E-state index in [9.17, 15) is 18.8 Å². The van der Waals surface area contributed by atoms with Gasteiger partial charge in [-0.05, 0) is 55.7 Å². The van der Waals surface area contributed by atoms with E-state index < -0.39 is 28.6 Å². The summed E-state index contributed by atoms with van der Waals surface area (Å²) in [5, 5.41) is 9.58. The maximum absolute atomic E-state index is 14.9. The molecule has 0 saturated carbocycles. The second kappa shape index (κ2) is 8.90. The fourth-order valence-electron chi connectivity index (χ4n) is 5.85. The molecule has 1 spiro atoms. The number of halogens is 1. The van der Waals surface area contributed by atoms with Gasteiger partial charge >= 0.3 is 0 Å². The molecule has 0 saturated heterocycles. The number of aromatic nitrogens is 2. The van der Waals surface area contributed by atoms with Crippen molar-refractivity contribution in [1.29, 1.82) is 0 Å². The summed E-state index contributed by atoms with van der Waals surface area (Å²) in [6.07, 6.45) is 0.573. The lowest BCUT2D eigenvalue weighted by Gasteiger charge is -2.32. The SMILES string of the molecule is CCc1nnc(N2C(=O)c3oc4cc(C)c(C)cc4c(=O)c3C23C(=O)N(Cc2ccccc2F)c2ccccc23)s1. The van der Waals surface area contributed by atoms with Gasteiger partial charge in [0.2, 0.25) is 10.9 Å². The molecule has 1 atom stereocenters. The van der Waals surface area contributed by atoms with Gasteiger partial charge in [-0.2, -0.15) is 0 Å². The third kappa shape index (κ3) is 3.34. The normalized spacial score (nSPS) is 17.7. The van der Waals surface area contributed by atoms with Gasteiger partial charge in [-0.3, -0.25) is 19.3 Å². The molecule has 2 amide bonds. The monoisotopic (exact) mass is 566 g/mol.